The summed E-state index contributed by atoms with van der Waals surface area (Å²) in [6.45, 7) is 5.00. The Hall–Kier alpha value is -0.730. The number of hydrogen-bond acceptors (Lipinski definition) is 2. The molecule has 0 aliphatic rings. The molecule has 2 N–H and O–H groups in total. The maximum Gasteiger partial charge on any atom is 0.124 e. The molecule has 0 heterocycles. The van der Waals surface area contributed by atoms with Gasteiger partial charge in [-0.1, -0.05) is 11.6 Å². The van der Waals surface area contributed by atoms with Crippen LogP contribution in [-0.2, 0) is 6.54 Å². The first-order chi connectivity index (χ1) is 6.19. The standard InChI is InChI=1S/C10H14ClNO/c1-3-13-10-4-7(2)9(11)5-8(10)6-12/h4-5H,3,6,12H2,1-2H3. The summed E-state index contributed by atoms with van der Waals surface area (Å²) in [6, 6.07) is 3.79. The third-order valence-corrected chi connectivity index (χ3v) is 2.27. The summed E-state index contributed by atoms with van der Waals surface area (Å²) in [5.41, 5.74) is 7.53. The van der Waals surface area contributed by atoms with Crippen LogP contribution in [0.25, 0.3) is 0 Å². The molecular weight excluding hydrogens is 186 g/mol. The van der Waals surface area contributed by atoms with E-state index >= 15 is 0 Å². The number of hydrogen-bond donors (Lipinski definition) is 1. The Balaban J connectivity index is 3.09. The molecule has 0 saturated heterocycles. The van der Waals surface area contributed by atoms with Crippen molar-refractivity contribution in [3.05, 3.63) is 28.3 Å². The second-order valence-corrected chi connectivity index (χ2v) is 3.25. The molecule has 0 atom stereocenters. The SMILES string of the molecule is CCOc1cc(C)c(Cl)cc1CN. The van der Waals surface area contributed by atoms with Gasteiger partial charge in [0.05, 0.1) is 6.61 Å². The summed E-state index contributed by atoms with van der Waals surface area (Å²) in [7, 11) is 0. The summed E-state index contributed by atoms with van der Waals surface area (Å²) in [5.74, 6) is 0.840. The van der Waals surface area contributed by atoms with Crippen LogP contribution in [-0.4, -0.2) is 6.61 Å². The fraction of sp³-hybridized carbons (Fsp3) is 0.400. The topological polar surface area (TPSA) is 35.2 Å². The molecule has 72 valence electrons. The van der Waals surface area contributed by atoms with Crippen LogP contribution in [0.2, 0.25) is 5.02 Å². The van der Waals surface area contributed by atoms with Gasteiger partial charge in [0, 0.05) is 17.1 Å². The molecule has 0 unspecified atom stereocenters. The van der Waals surface area contributed by atoms with Gasteiger partial charge < -0.3 is 10.5 Å². The third kappa shape index (κ3) is 2.36. The van der Waals surface area contributed by atoms with Crippen molar-refractivity contribution < 1.29 is 4.74 Å². The summed E-state index contributed by atoms with van der Waals surface area (Å²) >= 11 is 5.95. The van der Waals surface area contributed by atoms with Gasteiger partial charge in [-0.25, -0.2) is 0 Å². The Morgan fingerprint density at radius 1 is 1.46 bits per heavy atom. The molecule has 1 aromatic rings. The molecule has 13 heavy (non-hydrogen) atoms. The fourth-order valence-electron chi connectivity index (χ4n) is 1.15. The lowest BCUT2D eigenvalue weighted by molar-refractivity contribution is 0.336. The molecule has 0 radical (unpaired) electrons. The number of aryl methyl sites for hydroxylation is 1. The van der Waals surface area contributed by atoms with Crippen molar-refractivity contribution in [3.63, 3.8) is 0 Å². The van der Waals surface area contributed by atoms with Gasteiger partial charge in [0.15, 0.2) is 0 Å². The second-order valence-electron chi connectivity index (χ2n) is 2.85. The molecule has 2 nitrogen and oxygen atoms in total. The molecule has 0 aromatic heterocycles. The first-order valence-corrected chi connectivity index (χ1v) is 4.68. The smallest absolute Gasteiger partial charge is 0.124 e. The lowest BCUT2D eigenvalue weighted by atomic mass is 10.1. The van der Waals surface area contributed by atoms with E-state index in [2.05, 4.69) is 0 Å². The zero-order valence-corrected chi connectivity index (χ0v) is 8.69. The highest BCUT2D eigenvalue weighted by Gasteiger charge is 2.05. The van der Waals surface area contributed by atoms with Crippen molar-refractivity contribution in [3.8, 4) is 5.75 Å². The van der Waals surface area contributed by atoms with E-state index in [1.54, 1.807) is 0 Å². The highest BCUT2D eigenvalue weighted by Crippen LogP contribution is 2.26. The van der Waals surface area contributed by atoms with E-state index < -0.39 is 0 Å². The lowest BCUT2D eigenvalue weighted by Gasteiger charge is -2.10. The van der Waals surface area contributed by atoms with Crippen LogP contribution in [0.5, 0.6) is 5.75 Å². The first-order valence-electron chi connectivity index (χ1n) is 4.31. The largest absolute Gasteiger partial charge is 0.494 e. The molecule has 0 saturated carbocycles. The fourth-order valence-corrected chi connectivity index (χ4v) is 1.33. The monoisotopic (exact) mass is 199 g/mol. The van der Waals surface area contributed by atoms with Crippen LogP contribution < -0.4 is 10.5 Å². The summed E-state index contributed by atoms with van der Waals surface area (Å²) < 4.78 is 5.43. The van der Waals surface area contributed by atoms with Gasteiger partial charge in [-0.3, -0.25) is 0 Å². The minimum atomic E-state index is 0.454. The quantitative estimate of drug-likeness (QED) is 0.812. The van der Waals surface area contributed by atoms with Crippen molar-refractivity contribution in [2.24, 2.45) is 5.73 Å². The van der Waals surface area contributed by atoms with Crippen molar-refractivity contribution in [2.45, 2.75) is 20.4 Å². The van der Waals surface area contributed by atoms with E-state index in [-0.39, 0.29) is 0 Å². The molecular formula is C10H14ClNO. The van der Waals surface area contributed by atoms with E-state index in [0.717, 1.165) is 21.9 Å². The van der Waals surface area contributed by atoms with Gasteiger partial charge in [-0.05, 0) is 31.5 Å². The molecule has 0 aliphatic carbocycles. The highest BCUT2D eigenvalue weighted by molar-refractivity contribution is 6.31. The van der Waals surface area contributed by atoms with Crippen LogP contribution in [0, 0.1) is 6.92 Å². The number of ether oxygens (including phenoxy) is 1. The first kappa shape index (κ1) is 10.4. The van der Waals surface area contributed by atoms with Crippen molar-refractivity contribution in [2.75, 3.05) is 6.61 Å². The zero-order chi connectivity index (χ0) is 9.84. The Bertz CT molecular complexity index is 299. The molecule has 1 aromatic carbocycles. The Morgan fingerprint density at radius 3 is 2.69 bits per heavy atom. The number of halogens is 1. The van der Waals surface area contributed by atoms with Gasteiger partial charge in [0.1, 0.15) is 5.75 Å². The van der Waals surface area contributed by atoms with E-state index in [4.69, 9.17) is 22.1 Å². The van der Waals surface area contributed by atoms with E-state index in [0.29, 0.717) is 13.2 Å². The van der Waals surface area contributed by atoms with E-state index in [1.807, 2.05) is 26.0 Å². The maximum atomic E-state index is 5.95. The highest BCUT2D eigenvalue weighted by atomic mass is 35.5. The third-order valence-electron chi connectivity index (χ3n) is 1.86. The Morgan fingerprint density at radius 2 is 2.15 bits per heavy atom. The molecule has 3 heteroatoms. The van der Waals surface area contributed by atoms with Crippen molar-refractivity contribution in [1.82, 2.24) is 0 Å². The van der Waals surface area contributed by atoms with Crippen LogP contribution >= 0.6 is 11.6 Å². The normalized spacial score (nSPS) is 10.2. The van der Waals surface area contributed by atoms with Crippen LogP contribution in [0.4, 0.5) is 0 Å². The molecule has 0 fully saturated rings. The van der Waals surface area contributed by atoms with E-state index in [9.17, 15) is 0 Å². The minimum absolute atomic E-state index is 0.454. The van der Waals surface area contributed by atoms with Gasteiger partial charge in [-0.15, -0.1) is 0 Å². The molecule has 1 rings (SSSR count). The maximum absolute atomic E-state index is 5.95. The molecule has 0 spiro atoms. The lowest BCUT2D eigenvalue weighted by Crippen LogP contribution is -2.02. The van der Waals surface area contributed by atoms with Crippen LogP contribution in [0.15, 0.2) is 12.1 Å². The molecule has 0 aliphatic heterocycles. The van der Waals surface area contributed by atoms with Gasteiger partial charge in [-0.2, -0.15) is 0 Å². The molecule has 0 amide bonds. The van der Waals surface area contributed by atoms with Crippen molar-refractivity contribution in [1.29, 1.82) is 0 Å². The van der Waals surface area contributed by atoms with Gasteiger partial charge >= 0.3 is 0 Å². The summed E-state index contributed by atoms with van der Waals surface area (Å²) in [4.78, 5) is 0. The second kappa shape index (κ2) is 4.49. The summed E-state index contributed by atoms with van der Waals surface area (Å²) in [6.07, 6.45) is 0. The zero-order valence-electron chi connectivity index (χ0n) is 7.93. The Kier molecular flexibility index (Phi) is 3.58. The van der Waals surface area contributed by atoms with E-state index in [1.165, 1.54) is 0 Å². The summed E-state index contributed by atoms with van der Waals surface area (Å²) in [5, 5.41) is 0.740. The number of nitrogens with two attached hydrogens (primary N) is 1. The van der Waals surface area contributed by atoms with Gasteiger partial charge in [0.2, 0.25) is 0 Å². The predicted molar refractivity (Wildman–Crippen MR) is 55.2 cm³/mol. The molecule has 0 bridgehead atoms. The number of benzene rings is 1. The Labute approximate surface area is 83.6 Å². The number of rotatable bonds is 3. The van der Waals surface area contributed by atoms with Crippen LogP contribution in [0.3, 0.4) is 0 Å². The average Bonchev–Trinajstić information content (AvgIpc) is 2.11. The van der Waals surface area contributed by atoms with Crippen LogP contribution in [0.1, 0.15) is 18.1 Å². The van der Waals surface area contributed by atoms with Gasteiger partial charge in [0.25, 0.3) is 0 Å². The minimum Gasteiger partial charge on any atom is -0.494 e. The van der Waals surface area contributed by atoms with Crippen molar-refractivity contribution >= 4 is 11.6 Å². The average molecular weight is 200 g/mol. The predicted octanol–water partition coefficient (Wildman–Crippen LogP) is 2.51.